The first-order valence-corrected chi connectivity index (χ1v) is 14.1. The highest BCUT2D eigenvalue weighted by molar-refractivity contribution is 5.97. The lowest BCUT2D eigenvalue weighted by Gasteiger charge is -2.37. The van der Waals surface area contributed by atoms with Crippen molar-refractivity contribution in [3.63, 3.8) is 0 Å². The largest absolute Gasteiger partial charge is 0.492 e. The first-order valence-electron chi connectivity index (χ1n) is 14.1. The van der Waals surface area contributed by atoms with Crippen molar-refractivity contribution < 1.29 is 32.5 Å². The fourth-order valence-corrected chi connectivity index (χ4v) is 5.41. The summed E-state index contributed by atoms with van der Waals surface area (Å²) in [6.07, 6.45) is 2.50. The van der Waals surface area contributed by atoms with Gasteiger partial charge in [0.05, 0.1) is 50.8 Å². The first-order chi connectivity index (χ1) is 20.3. The number of ether oxygens (including phenoxy) is 4. The van der Waals surface area contributed by atoms with Gasteiger partial charge in [-0.25, -0.2) is 18.7 Å². The zero-order chi connectivity index (χ0) is 29.3. The van der Waals surface area contributed by atoms with Gasteiger partial charge in [-0.1, -0.05) is 6.92 Å². The number of nitrogens with zero attached hydrogens (tertiary/aromatic N) is 3. The van der Waals surface area contributed by atoms with Crippen molar-refractivity contribution in [1.82, 2.24) is 14.9 Å². The summed E-state index contributed by atoms with van der Waals surface area (Å²) in [5.74, 6) is -0.830. The van der Waals surface area contributed by atoms with Crippen molar-refractivity contribution in [3.8, 4) is 5.75 Å². The quantitative estimate of drug-likeness (QED) is 0.352. The molecule has 0 saturated carbocycles. The zero-order valence-corrected chi connectivity index (χ0v) is 23.7. The Balaban J connectivity index is 1.24. The molecule has 4 heterocycles. The van der Waals surface area contributed by atoms with E-state index in [1.807, 2.05) is 4.90 Å². The molecule has 0 unspecified atom stereocenters. The molecule has 0 bridgehead atoms. The molecule has 3 aliphatic rings. The lowest BCUT2D eigenvalue weighted by Crippen LogP contribution is -2.44. The van der Waals surface area contributed by atoms with Crippen LogP contribution in [0.15, 0.2) is 48.6 Å². The Labute approximate surface area is 242 Å². The number of nitrogens with one attached hydrogen (secondary N) is 1. The van der Waals surface area contributed by atoms with Crippen molar-refractivity contribution in [1.29, 1.82) is 0 Å². The number of Topliss-reactive ketones (excluding diaryl/α,β-unsaturated/α-hetero) is 1. The standard InChI is InChI=1S/C31H34F2N4O5/c1-19-9-21(3-4-23(19)32)36-30-22-10-20(27(12-25(22)34-18-35-30)42-17-31(2)15-39-16-31)11-26(38)24(33)5-6-37-13-28-29(14-37)41-8-7-40-28/h3-5,9-10,12,18,28-29H,6-8,11,13-17H2,1-2H3,(H,34,35,36)/b24-5+/t28-,29+. The van der Waals surface area contributed by atoms with Crippen molar-refractivity contribution in [2.75, 3.05) is 58.0 Å². The number of fused-ring (bicyclic) bond motifs is 2. The molecule has 9 nitrogen and oxygen atoms in total. The van der Waals surface area contributed by atoms with Gasteiger partial charge in [-0.05, 0) is 42.8 Å². The van der Waals surface area contributed by atoms with Crippen LogP contribution in [0.3, 0.4) is 0 Å². The fourth-order valence-electron chi connectivity index (χ4n) is 5.41. The Bertz CT molecular complexity index is 1500. The number of halogens is 2. The van der Waals surface area contributed by atoms with E-state index in [-0.39, 0.29) is 36.4 Å². The molecule has 1 aromatic heterocycles. The van der Waals surface area contributed by atoms with Crippen molar-refractivity contribution in [2.24, 2.45) is 5.41 Å². The lowest BCUT2D eigenvalue weighted by atomic mass is 9.90. The summed E-state index contributed by atoms with van der Waals surface area (Å²) >= 11 is 0. The molecule has 1 N–H and O–H groups in total. The van der Waals surface area contributed by atoms with Gasteiger partial charge in [-0.3, -0.25) is 9.69 Å². The third-order valence-electron chi connectivity index (χ3n) is 7.90. The molecule has 0 amide bonds. The second-order valence-corrected chi connectivity index (χ2v) is 11.6. The van der Waals surface area contributed by atoms with Crippen molar-refractivity contribution in [3.05, 3.63) is 65.5 Å². The molecule has 6 rings (SSSR count). The number of carbonyl (C=O) groups is 1. The van der Waals surface area contributed by atoms with Crippen LogP contribution >= 0.6 is 0 Å². The maximum absolute atomic E-state index is 15.1. The number of allylic oxidation sites excluding steroid dienone is 1. The highest BCUT2D eigenvalue weighted by atomic mass is 19.1. The molecule has 3 aromatic rings. The van der Waals surface area contributed by atoms with Gasteiger partial charge < -0.3 is 24.3 Å². The molecule has 0 spiro atoms. The number of aryl methyl sites for hydroxylation is 1. The number of aromatic nitrogens is 2. The number of likely N-dealkylation sites (tertiary alicyclic amines) is 1. The van der Waals surface area contributed by atoms with Crippen LogP contribution in [0.4, 0.5) is 20.3 Å². The smallest absolute Gasteiger partial charge is 0.195 e. The summed E-state index contributed by atoms with van der Waals surface area (Å²) in [6, 6.07) is 8.19. The van der Waals surface area contributed by atoms with Crippen molar-refractivity contribution in [2.45, 2.75) is 32.5 Å². The normalized spacial score (nSPS) is 22.0. The molecule has 2 aromatic carbocycles. The Hall–Kier alpha value is -3.51. The zero-order valence-electron chi connectivity index (χ0n) is 23.7. The molecule has 3 fully saturated rings. The van der Waals surface area contributed by atoms with E-state index >= 15 is 4.39 Å². The minimum atomic E-state index is -0.804. The minimum absolute atomic E-state index is 0.0185. The van der Waals surface area contributed by atoms with E-state index in [0.29, 0.717) is 85.4 Å². The van der Waals surface area contributed by atoms with E-state index in [0.717, 1.165) is 0 Å². The number of rotatable bonds is 10. The van der Waals surface area contributed by atoms with Gasteiger partial charge in [0.2, 0.25) is 0 Å². The van der Waals surface area contributed by atoms with E-state index in [9.17, 15) is 9.18 Å². The second kappa shape index (κ2) is 12.0. The van der Waals surface area contributed by atoms with Gasteiger partial charge in [-0.2, -0.15) is 0 Å². The van der Waals surface area contributed by atoms with Crippen LogP contribution in [0.5, 0.6) is 5.75 Å². The maximum atomic E-state index is 15.1. The van der Waals surface area contributed by atoms with Crippen LogP contribution in [-0.4, -0.2) is 85.5 Å². The molecule has 0 radical (unpaired) electrons. The highest BCUT2D eigenvalue weighted by Crippen LogP contribution is 2.34. The molecular formula is C31H34F2N4O5. The van der Waals surface area contributed by atoms with Crippen LogP contribution in [0, 0.1) is 18.2 Å². The summed E-state index contributed by atoms with van der Waals surface area (Å²) in [5, 5.41) is 3.84. The molecular weight excluding hydrogens is 546 g/mol. The van der Waals surface area contributed by atoms with E-state index in [1.54, 1.807) is 31.2 Å². The number of ketones is 1. The van der Waals surface area contributed by atoms with Gasteiger partial charge in [0.15, 0.2) is 11.6 Å². The fraction of sp³-hybridized carbons (Fsp3) is 0.452. The van der Waals surface area contributed by atoms with Gasteiger partial charge in [0.25, 0.3) is 0 Å². The number of hydrogen-bond acceptors (Lipinski definition) is 9. The Kier molecular flexibility index (Phi) is 8.17. The summed E-state index contributed by atoms with van der Waals surface area (Å²) in [7, 11) is 0. The van der Waals surface area contributed by atoms with Gasteiger partial charge in [0, 0.05) is 54.2 Å². The monoisotopic (exact) mass is 580 g/mol. The third-order valence-corrected chi connectivity index (χ3v) is 7.90. The highest BCUT2D eigenvalue weighted by Gasteiger charge is 2.36. The molecule has 3 aliphatic heterocycles. The van der Waals surface area contributed by atoms with Crippen LogP contribution in [0.25, 0.3) is 10.9 Å². The van der Waals surface area contributed by atoms with E-state index in [4.69, 9.17) is 18.9 Å². The molecule has 2 atom stereocenters. The minimum Gasteiger partial charge on any atom is -0.492 e. The predicted octanol–water partition coefficient (Wildman–Crippen LogP) is 4.30. The SMILES string of the molecule is Cc1cc(Nc2ncnc3cc(OCC4(C)COC4)c(CC(=O)/C(F)=C\CN4C[C@@H]5OCCO[C@@H]5C4)cc23)ccc1F. The van der Waals surface area contributed by atoms with Crippen molar-refractivity contribution >= 4 is 28.2 Å². The summed E-state index contributed by atoms with van der Waals surface area (Å²) < 4.78 is 51.9. The third kappa shape index (κ3) is 6.29. The van der Waals surface area contributed by atoms with Crippen LogP contribution in [-0.2, 0) is 25.4 Å². The van der Waals surface area contributed by atoms with Gasteiger partial charge in [0.1, 0.15) is 23.7 Å². The van der Waals surface area contributed by atoms with Gasteiger partial charge in [-0.15, -0.1) is 0 Å². The lowest BCUT2D eigenvalue weighted by molar-refractivity contribution is -0.120. The molecule has 42 heavy (non-hydrogen) atoms. The average molecular weight is 581 g/mol. The summed E-state index contributed by atoms with van der Waals surface area (Å²) in [6.45, 7) is 7.96. The van der Waals surface area contributed by atoms with Crippen LogP contribution in [0.2, 0.25) is 0 Å². The van der Waals surface area contributed by atoms with Crippen LogP contribution < -0.4 is 10.1 Å². The number of hydrogen-bond donors (Lipinski definition) is 1. The molecule has 222 valence electrons. The Morgan fingerprint density at radius 2 is 1.93 bits per heavy atom. The van der Waals surface area contributed by atoms with Gasteiger partial charge >= 0.3 is 0 Å². The second-order valence-electron chi connectivity index (χ2n) is 11.6. The predicted molar refractivity (Wildman–Crippen MR) is 152 cm³/mol. The van der Waals surface area contributed by atoms with E-state index in [1.165, 1.54) is 18.5 Å². The Morgan fingerprint density at radius 1 is 1.17 bits per heavy atom. The number of benzene rings is 2. The topological polar surface area (TPSA) is 95.0 Å². The van der Waals surface area contributed by atoms with Crippen LogP contribution in [0.1, 0.15) is 18.1 Å². The molecule has 11 heteroatoms. The molecule has 0 aliphatic carbocycles. The number of anilines is 2. The molecule has 3 saturated heterocycles. The Morgan fingerprint density at radius 3 is 2.62 bits per heavy atom. The summed E-state index contributed by atoms with van der Waals surface area (Å²) in [5.41, 5.74) is 2.10. The number of carbonyl (C=O) groups excluding carboxylic acids is 1. The maximum Gasteiger partial charge on any atom is 0.195 e. The summed E-state index contributed by atoms with van der Waals surface area (Å²) in [4.78, 5) is 23.9. The first kappa shape index (κ1) is 28.6. The van der Waals surface area contributed by atoms with E-state index in [2.05, 4.69) is 22.2 Å². The average Bonchev–Trinajstić information content (AvgIpc) is 3.39. The van der Waals surface area contributed by atoms with E-state index < -0.39 is 11.6 Å².